The highest BCUT2D eigenvalue weighted by Crippen LogP contribution is 2.24. The Morgan fingerprint density at radius 1 is 0.882 bits per heavy atom. The third kappa shape index (κ3) is 2.34. The van der Waals surface area contributed by atoms with Crippen LogP contribution in [0.5, 0.6) is 0 Å². The standard InChI is InChI=1S/C12H11N3O2/c16-13-15(17)14(11-7-3-1-4-8-11)12-9-5-2-6-10-12/h1-10,16H/b15-13-. The Balaban J connectivity index is 2.47. The van der Waals surface area contributed by atoms with Crippen molar-refractivity contribution in [1.29, 1.82) is 0 Å². The number of para-hydroxylation sites is 2. The zero-order valence-electron chi connectivity index (χ0n) is 8.97. The van der Waals surface area contributed by atoms with Crippen LogP contribution in [-0.4, -0.2) is 10.2 Å². The Morgan fingerprint density at radius 3 is 1.65 bits per heavy atom. The summed E-state index contributed by atoms with van der Waals surface area (Å²) >= 11 is 0. The van der Waals surface area contributed by atoms with E-state index in [2.05, 4.69) is 5.28 Å². The van der Waals surface area contributed by atoms with Crippen LogP contribution in [-0.2, 0) is 0 Å². The molecule has 0 bridgehead atoms. The minimum atomic E-state index is 0.130. The summed E-state index contributed by atoms with van der Waals surface area (Å²) in [5.74, 6) is 0. The van der Waals surface area contributed by atoms with Crippen molar-refractivity contribution in [1.82, 2.24) is 0 Å². The largest absolute Gasteiger partial charge is 0.568 e. The summed E-state index contributed by atoms with van der Waals surface area (Å²) in [7, 11) is 0. The predicted molar refractivity (Wildman–Crippen MR) is 62.9 cm³/mol. The van der Waals surface area contributed by atoms with Gasteiger partial charge in [-0.1, -0.05) is 41.4 Å². The zero-order valence-corrected chi connectivity index (χ0v) is 8.97. The molecule has 0 saturated heterocycles. The van der Waals surface area contributed by atoms with Gasteiger partial charge in [-0.25, -0.2) is 0 Å². The first-order valence-corrected chi connectivity index (χ1v) is 5.05. The molecule has 86 valence electrons. The third-order valence-electron chi connectivity index (χ3n) is 2.25. The van der Waals surface area contributed by atoms with Gasteiger partial charge in [-0.15, -0.1) is 0 Å². The van der Waals surface area contributed by atoms with Crippen molar-refractivity contribution in [3.8, 4) is 0 Å². The number of nitrogens with zero attached hydrogens (tertiary/aromatic N) is 3. The average molecular weight is 229 g/mol. The molecule has 1 N–H and O–H groups in total. The molecule has 0 fully saturated rings. The smallest absolute Gasteiger partial charge is 0.231 e. The summed E-state index contributed by atoms with van der Waals surface area (Å²) in [4.78, 5) is 0.130. The second-order valence-electron chi connectivity index (χ2n) is 3.33. The minimum absolute atomic E-state index is 0.130. The maximum Gasteiger partial charge on any atom is 0.231 e. The average Bonchev–Trinajstić information content (AvgIpc) is 2.41. The topological polar surface area (TPSA) is 61.9 Å². The van der Waals surface area contributed by atoms with E-state index in [0.29, 0.717) is 11.4 Å². The molecule has 0 aliphatic carbocycles. The Kier molecular flexibility index (Phi) is 3.20. The molecule has 2 aromatic rings. The SMILES string of the molecule is [O-]/[N+](=N\O)N(c1ccccc1)c1ccccc1. The van der Waals surface area contributed by atoms with Crippen molar-refractivity contribution in [2.75, 3.05) is 5.01 Å². The van der Waals surface area contributed by atoms with E-state index in [-0.39, 0.29) is 4.97 Å². The number of hydrogen-bond acceptors (Lipinski definition) is 2. The van der Waals surface area contributed by atoms with Gasteiger partial charge in [-0.3, -0.25) is 0 Å². The fraction of sp³-hybridized carbons (Fsp3) is 0. The molecule has 5 heteroatoms. The van der Waals surface area contributed by atoms with Gasteiger partial charge in [0.05, 0.1) is 4.97 Å². The summed E-state index contributed by atoms with van der Waals surface area (Å²) in [6.07, 6.45) is 0. The predicted octanol–water partition coefficient (Wildman–Crippen LogP) is 3.09. The quantitative estimate of drug-likeness (QED) is 0.499. The molecule has 0 heterocycles. The lowest BCUT2D eigenvalue weighted by Gasteiger charge is -2.17. The summed E-state index contributed by atoms with van der Waals surface area (Å²) in [5.41, 5.74) is 1.23. The van der Waals surface area contributed by atoms with E-state index in [9.17, 15) is 5.21 Å². The maximum absolute atomic E-state index is 11.5. The van der Waals surface area contributed by atoms with Gasteiger partial charge in [0.2, 0.25) is 5.28 Å². The molecule has 5 nitrogen and oxygen atoms in total. The number of anilines is 2. The molecule has 0 unspecified atom stereocenters. The first kappa shape index (κ1) is 10.9. The van der Waals surface area contributed by atoms with Gasteiger partial charge in [0.15, 0.2) is 0 Å². The molecule has 2 aromatic carbocycles. The fourth-order valence-corrected chi connectivity index (χ4v) is 1.53. The molecular weight excluding hydrogens is 218 g/mol. The van der Waals surface area contributed by atoms with Crippen LogP contribution in [0.3, 0.4) is 0 Å². The van der Waals surface area contributed by atoms with Crippen molar-refractivity contribution in [2.45, 2.75) is 0 Å². The van der Waals surface area contributed by atoms with Crippen LogP contribution in [0.1, 0.15) is 0 Å². The van der Waals surface area contributed by atoms with Gasteiger partial charge >= 0.3 is 0 Å². The number of hydrogen-bond donors (Lipinski definition) is 1. The minimum Gasteiger partial charge on any atom is -0.568 e. The van der Waals surface area contributed by atoms with Crippen LogP contribution in [0.2, 0.25) is 0 Å². The molecule has 2 rings (SSSR count). The monoisotopic (exact) mass is 229 g/mol. The number of benzene rings is 2. The highest BCUT2D eigenvalue weighted by atomic mass is 16.6. The Hall–Kier alpha value is -2.56. The molecule has 0 aromatic heterocycles. The lowest BCUT2D eigenvalue weighted by atomic mass is 10.2. The van der Waals surface area contributed by atoms with E-state index in [0.717, 1.165) is 0 Å². The first-order chi connectivity index (χ1) is 8.33. The molecule has 0 atom stereocenters. The van der Waals surface area contributed by atoms with Gasteiger partial charge in [-0.2, -0.15) is 0 Å². The molecule has 17 heavy (non-hydrogen) atoms. The molecule has 0 amide bonds. The van der Waals surface area contributed by atoms with E-state index in [4.69, 9.17) is 5.21 Å². The van der Waals surface area contributed by atoms with E-state index in [1.54, 1.807) is 48.5 Å². The molecule has 0 aliphatic heterocycles. The van der Waals surface area contributed by atoms with Crippen molar-refractivity contribution < 1.29 is 10.2 Å². The highest BCUT2D eigenvalue weighted by molar-refractivity contribution is 5.59. The van der Waals surface area contributed by atoms with Gasteiger partial charge in [-0.05, 0) is 24.3 Å². The van der Waals surface area contributed by atoms with E-state index in [1.807, 2.05) is 12.1 Å². The molecular formula is C12H11N3O2. The second kappa shape index (κ2) is 4.98. The van der Waals surface area contributed by atoms with E-state index in [1.165, 1.54) is 5.01 Å². The molecule has 0 radical (unpaired) electrons. The Bertz CT molecular complexity index is 460. The van der Waals surface area contributed by atoms with E-state index >= 15 is 0 Å². The van der Waals surface area contributed by atoms with Crippen molar-refractivity contribution in [2.24, 2.45) is 5.28 Å². The van der Waals surface area contributed by atoms with Crippen LogP contribution < -0.4 is 5.01 Å². The van der Waals surface area contributed by atoms with Crippen molar-refractivity contribution in [3.63, 3.8) is 0 Å². The van der Waals surface area contributed by atoms with Crippen LogP contribution in [0.25, 0.3) is 0 Å². The fourth-order valence-electron chi connectivity index (χ4n) is 1.53. The number of rotatable bonds is 3. The summed E-state index contributed by atoms with van der Waals surface area (Å²) in [5, 5.41) is 24.1. The zero-order chi connectivity index (χ0) is 12.1. The van der Waals surface area contributed by atoms with E-state index < -0.39 is 0 Å². The maximum atomic E-state index is 11.5. The third-order valence-corrected chi connectivity index (χ3v) is 2.25. The lowest BCUT2D eigenvalue weighted by Crippen LogP contribution is -2.25. The van der Waals surface area contributed by atoms with Crippen LogP contribution >= 0.6 is 0 Å². The summed E-state index contributed by atoms with van der Waals surface area (Å²) in [6, 6.07) is 17.9. The van der Waals surface area contributed by atoms with Gasteiger partial charge in [0, 0.05) is 0 Å². The molecule has 0 spiro atoms. The first-order valence-electron chi connectivity index (χ1n) is 5.05. The molecule has 0 aliphatic rings. The number of hydrazine groups is 1. The Morgan fingerprint density at radius 2 is 1.29 bits per heavy atom. The van der Waals surface area contributed by atoms with Crippen molar-refractivity contribution in [3.05, 3.63) is 65.9 Å². The lowest BCUT2D eigenvalue weighted by molar-refractivity contribution is -0.558. The van der Waals surface area contributed by atoms with Gasteiger partial charge < -0.3 is 10.4 Å². The van der Waals surface area contributed by atoms with Crippen molar-refractivity contribution >= 4 is 11.4 Å². The normalized spacial score (nSPS) is 11.2. The summed E-state index contributed by atoms with van der Waals surface area (Å²) < 4.78 is 0. The van der Waals surface area contributed by atoms with Gasteiger partial charge in [0.25, 0.3) is 0 Å². The highest BCUT2D eigenvalue weighted by Gasteiger charge is 2.17. The van der Waals surface area contributed by atoms with Gasteiger partial charge in [0.1, 0.15) is 11.4 Å². The molecule has 0 saturated carbocycles. The van der Waals surface area contributed by atoms with Crippen LogP contribution in [0, 0.1) is 5.21 Å². The van der Waals surface area contributed by atoms with Crippen LogP contribution in [0.4, 0.5) is 11.4 Å². The second-order valence-corrected chi connectivity index (χ2v) is 3.33. The summed E-state index contributed by atoms with van der Waals surface area (Å²) in [6.45, 7) is 0. The van der Waals surface area contributed by atoms with Crippen LogP contribution in [0.15, 0.2) is 65.9 Å². The Labute approximate surface area is 98.4 Å².